The summed E-state index contributed by atoms with van der Waals surface area (Å²) in [4.78, 5) is 4.08. The van der Waals surface area contributed by atoms with Crippen molar-refractivity contribution >= 4 is 15.9 Å². The van der Waals surface area contributed by atoms with Gasteiger partial charge < -0.3 is 0 Å². The summed E-state index contributed by atoms with van der Waals surface area (Å²) in [5.74, 6) is 0. The van der Waals surface area contributed by atoms with Crippen LogP contribution in [0.3, 0.4) is 0 Å². The molecule has 1 aromatic rings. The predicted octanol–water partition coefficient (Wildman–Crippen LogP) is 2.81. The van der Waals surface area contributed by atoms with Crippen LogP contribution >= 0.6 is 15.9 Å². The fraction of sp³-hybridized carbons (Fsp3) is 0.250. The minimum absolute atomic E-state index is 0.890. The topological polar surface area (TPSA) is 12.9 Å². The highest BCUT2D eigenvalue weighted by Gasteiger charge is 1.90. The Balaban J connectivity index is 2.69. The van der Waals surface area contributed by atoms with Crippen LogP contribution in [-0.2, 0) is 0 Å². The third kappa shape index (κ3) is 2.10. The summed E-state index contributed by atoms with van der Waals surface area (Å²) >= 11 is 3.27. The van der Waals surface area contributed by atoms with Crippen LogP contribution in [0.5, 0.6) is 0 Å². The van der Waals surface area contributed by atoms with Gasteiger partial charge in [0.25, 0.3) is 0 Å². The van der Waals surface area contributed by atoms with E-state index >= 15 is 0 Å². The lowest BCUT2D eigenvalue weighted by Gasteiger charge is -1.95. The van der Waals surface area contributed by atoms with Gasteiger partial charge in [0.2, 0.25) is 0 Å². The van der Waals surface area contributed by atoms with Gasteiger partial charge in [0.05, 0.1) is 0 Å². The number of pyridine rings is 1. The minimum atomic E-state index is 0.890. The molecule has 0 fully saturated rings. The first-order chi connectivity index (χ1) is 4.83. The summed E-state index contributed by atoms with van der Waals surface area (Å²) in [5.41, 5.74) is 1.19. The highest BCUT2D eigenvalue weighted by atomic mass is 79.9. The van der Waals surface area contributed by atoms with Crippen LogP contribution in [0, 0.1) is 6.42 Å². The van der Waals surface area contributed by atoms with Gasteiger partial charge in [-0.3, -0.25) is 0 Å². The van der Waals surface area contributed by atoms with E-state index in [9.17, 15) is 0 Å². The molecule has 2 heteroatoms. The molecular formula is C8H9BrN. The van der Waals surface area contributed by atoms with Gasteiger partial charge in [-0.1, -0.05) is 13.0 Å². The number of aromatic nitrogens is 1. The van der Waals surface area contributed by atoms with Crippen molar-refractivity contribution in [3.05, 3.63) is 34.9 Å². The molecule has 0 saturated heterocycles. The Labute approximate surface area is 69.6 Å². The fourth-order valence-electron chi connectivity index (χ4n) is 0.744. The summed E-state index contributed by atoms with van der Waals surface area (Å²) in [6.07, 6.45) is 5.05. The molecule has 0 aliphatic rings. The zero-order chi connectivity index (χ0) is 7.40. The normalized spacial score (nSPS) is 9.80. The van der Waals surface area contributed by atoms with E-state index in [0.717, 1.165) is 11.0 Å². The number of nitrogens with zero attached hydrogens (tertiary/aromatic N) is 1. The van der Waals surface area contributed by atoms with Gasteiger partial charge in [-0.05, 0) is 40.4 Å². The summed E-state index contributed by atoms with van der Waals surface area (Å²) in [7, 11) is 0. The molecule has 1 nitrogen and oxygen atoms in total. The Hall–Kier alpha value is -0.370. The molecular weight excluding hydrogens is 190 g/mol. The quantitative estimate of drug-likeness (QED) is 0.667. The van der Waals surface area contributed by atoms with Gasteiger partial charge in [-0.2, -0.15) is 0 Å². The van der Waals surface area contributed by atoms with Gasteiger partial charge >= 0.3 is 0 Å². The third-order valence-corrected chi connectivity index (χ3v) is 1.66. The maximum atomic E-state index is 4.08. The van der Waals surface area contributed by atoms with Crippen LogP contribution in [0.15, 0.2) is 22.9 Å². The highest BCUT2D eigenvalue weighted by molar-refractivity contribution is 9.10. The van der Waals surface area contributed by atoms with Gasteiger partial charge in [0.15, 0.2) is 0 Å². The average molecular weight is 199 g/mol. The van der Waals surface area contributed by atoms with Crippen molar-refractivity contribution in [2.75, 3.05) is 0 Å². The van der Waals surface area contributed by atoms with E-state index in [0.29, 0.717) is 0 Å². The molecule has 1 aromatic heterocycles. The van der Waals surface area contributed by atoms with Gasteiger partial charge in [0, 0.05) is 6.20 Å². The molecule has 0 atom stereocenters. The first-order valence-corrected chi connectivity index (χ1v) is 4.07. The standard InChI is InChI=1S/C8H9BrN/c1-2-3-7-4-5-8(9)10-6-7/h3-6H,2H2,1H3. The van der Waals surface area contributed by atoms with Gasteiger partial charge in [0.1, 0.15) is 4.60 Å². The lowest BCUT2D eigenvalue weighted by Crippen LogP contribution is -1.81. The maximum Gasteiger partial charge on any atom is 0.106 e. The van der Waals surface area contributed by atoms with E-state index in [2.05, 4.69) is 34.3 Å². The van der Waals surface area contributed by atoms with Crippen molar-refractivity contribution in [2.24, 2.45) is 0 Å². The van der Waals surface area contributed by atoms with Crippen LogP contribution in [0.1, 0.15) is 18.9 Å². The second-order valence-electron chi connectivity index (χ2n) is 2.03. The number of halogens is 1. The summed E-state index contributed by atoms with van der Waals surface area (Å²) in [5, 5.41) is 0. The number of hydrogen-bond acceptors (Lipinski definition) is 1. The Morgan fingerprint density at radius 2 is 2.40 bits per heavy atom. The summed E-state index contributed by atoms with van der Waals surface area (Å²) in [6.45, 7) is 2.11. The Morgan fingerprint density at radius 3 is 2.90 bits per heavy atom. The molecule has 0 aliphatic heterocycles. The van der Waals surface area contributed by atoms with Crippen molar-refractivity contribution < 1.29 is 0 Å². The molecule has 0 N–H and O–H groups in total. The first kappa shape index (κ1) is 7.73. The zero-order valence-electron chi connectivity index (χ0n) is 5.84. The van der Waals surface area contributed by atoms with Crippen molar-refractivity contribution in [1.29, 1.82) is 0 Å². The second-order valence-corrected chi connectivity index (χ2v) is 2.84. The maximum absolute atomic E-state index is 4.08. The van der Waals surface area contributed by atoms with E-state index in [-0.39, 0.29) is 0 Å². The number of rotatable bonds is 2. The van der Waals surface area contributed by atoms with E-state index in [1.54, 1.807) is 0 Å². The molecule has 0 aromatic carbocycles. The molecule has 1 heterocycles. The molecule has 53 valence electrons. The largest absolute Gasteiger partial charge is 0.249 e. The lowest BCUT2D eigenvalue weighted by molar-refractivity contribution is 1.10. The molecule has 0 saturated carbocycles. The van der Waals surface area contributed by atoms with E-state index in [1.807, 2.05) is 18.3 Å². The van der Waals surface area contributed by atoms with Crippen LogP contribution in [-0.4, -0.2) is 4.98 Å². The minimum Gasteiger partial charge on any atom is -0.249 e. The lowest BCUT2D eigenvalue weighted by atomic mass is 10.2. The Morgan fingerprint density at radius 1 is 1.60 bits per heavy atom. The first-order valence-electron chi connectivity index (χ1n) is 3.27. The monoisotopic (exact) mass is 198 g/mol. The van der Waals surface area contributed by atoms with Crippen molar-refractivity contribution in [3.63, 3.8) is 0 Å². The number of hydrogen-bond donors (Lipinski definition) is 0. The molecule has 0 aliphatic carbocycles. The van der Waals surface area contributed by atoms with Gasteiger partial charge in [-0.25, -0.2) is 4.98 Å². The van der Waals surface area contributed by atoms with Crippen LogP contribution < -0.4 is 0 Å². The van der Waals surface area contributed by atoms with E-state index in [1.165, 1.54) is 5.56 Å². The summed E-state index contributed by atoms with van der Waals surface area (Å²) < 4.78 is 0.890. The zero-order valence-corrected chi connectivity index (χ0v) is 7.43. The molecule has 10 heavy (non-hydrogen) atoms. The molecule has 0 spiro atoms. The molecule has 0 bridgehead atoms. The highest BCUT2D eigenvalue weighted by Crippen LogP contribution is 2.08. The van der Waals surface area contributed by atoms with Crippen molar-refractivity contribution in [3.8, 4) is 0 Å². The molecule has 1 radical (unpaired) electrons. The Bertz CT molecular complexity index is 193. The molecule has 0 amide bonds. The third-order valence-electron chi connectivity index (χ3n) is 1.19. The molecule has 0 unspecified atom stereocenters. The van der Waals surface area contributed by atoms with Gasteiger partial charge in [-0.15, -0.1) is 0 Å². The van der Waals surface area contributed by atoms with Crippen LogP contribution in [0.25, 0.3) is 0 Å². The fourth-order valence-corrected chi connectivity index (χ4v) is 0.978. The average Bonchev–Trinajstić information content (AvgIpc) is 1.95. The SMILES string of the molecule is CC[CH]c1ccc(Br)nc1. The Kier molecular flexibility index (Phi) is 2.87. The second kappa shape index (κ2) is 3.71. The van der Waals surface area contributed by atoms with E-state index < -0.39 is 0 Å². The van der Waals surface area contributed by atoms with E-state index in [4.69, 9.17) is 0 Å². The van der Waals surface area contributed by atoms with Crippen LogP contribution in [0.2, 0.25) is 0 Å². The molecule has 1 rings (SSSR count). The van der Waals surface area contributed by atoms with Crippen molar-refractivity contribution in [2.45, 2.75) is 13.3 Å². The predicted molar refractivity (Wildman–Crippen MR) is 45.6 cm³/mol. The smallest absolute Gasteiger partial charge is 0.106 e. The van der Waals surface area contributed by atoms with Crippen LogP contribution in [0.4, 0.5) is 0 Å². The summed E-state index contributed by atoms with van der Waals surface area (Å²) in [6, 6.07) is 3.99. The van der Waals surface area contributed by atoms with Crippen molar-refractivity contribution in [1.82, 2.24) is 4.98 Å².